The first-order chi connectivity index (χ1) is 10.7. The van der Waals surface area contributed by atoms with Gasteiger partial charge in [-0.2, -0.15) is 0 Å². The number of aryl methyl sites for hydroxylation is 1. The zero-order valence-electron chi connectivity index (χ0n) is 14.2. The van der Waals surface area contributed by atoms with E-state index < -0.39 is 0 Å². The van der Waals surface area contributed by atoms with Gasteiger partial charge in [0, 0.05) is 29.9 Å². The highest BCUT2D eigenvalue weighted by atomic mass is 16.5. The molecular formula is C18H29N3O. The minimum Gasteiger partial charge on any atom is -0.496 e. The third-order valence-corrected chi connectivity index (χ3v) is 5.42. The summed E-state index contributed by atoms with van der Waals surface area (Å²) in [6.07, 6.45) is 7.31. The van der Waals surface area contributed by atoms with Crippen LogP contribution < -0.4 is 10.1 Å². The second-order valence-corrected chi connectivity index (χ2v) is 6.86. The largest absolute Gasteiger partial charge is 0.496 e. The molecule has 2 fully saturated rings. The van der Waals surface area contributed by atoms with Crippen molar-refractivity contribution in [1.29, 1.82) is 0 Å². The third kappa shape index (κ3) is 3.28. The Balaban J connectivity index is 1.58. The third-order valence-electron chi connectivity index (χ3n) is 5.42. The molecule has 0 radical (unpaired) electrons. The van der Waals surface area contributed by atoms with E-state index in [2.05, 4.69) is 29.0 Å². The number of piperidine rings is 1. The molecule has 1 aromatic rings. The number of pyridine rings is 1. The lowest BCUT2D eigenvalue weighted by atomic mass is 9.88. The number of nitrogens with one attached hydrogen (secondary N) is 1. The van der Waals surface area contributed by atoms with E-state index in [1.54, 1.807) is 7.11 Å². The Hall–Kier alpha value is -1.13. The minimum absolute atomic E-state index is 0.779. The Bertz CT molecular complexity index is 503. The Kier molecular flexibility index (Phi) is 4.99. The molecule has 0 spiro atoms. The summed E-state index contributed by atoms with van der Waals surface area (Å²) in [5.74, 6) is 1.87. The van der Waals surface area contributed by atoms with Gasteiger partial charge in [-0.3, -0.25) is 9.88 Å². The highest BCUT2D eigenvalue weighted by Gasteiger charge is 2.28. The van der Waals surface area contributed by atoms with Gasteiger partial charge < -0.3 is 10.1 Å². The molecule has 1 unspecified atom stereocenters. The van der Waals surface area contributed by atoms with E-state index in [0.717, 1.165) is 29.8 Å². The number of nitrogens with zero attached hydrogens (tertiary/aromatic N) is 2. The van der Waals surface area contributed by atoms with Gasteiger partial charge in [-0.25, -0.2) is 0 Å². The normalized spacial score (nSPS) is 23.9. The molecule has 22 heavy (non-hydrogen) atoms. The summed E-state index contributed by atoms with van der Waals surface area (Å²) in [4.78, 5) is 7.19. The second kappa shape index (κ2) is 6.97. The minimum atomic E-state index is 0.779. The fraction of sp³-hybridized carbons (Fsp3) is 0.722. The summed E-state index contributed by atoms with van der Waals surface area (Å²) in [6, 6.07) is 0.779. The fourth-order valence-corrected chi connectivity index (χ4v) is 4.07. The Morgan fingerprint density at radius 1 is 1.27 bits per heavy atom. The zero-order chi connectivity index (χ0) is 15.5. The van der Waals surface area contributed by atoms with Crippen molar-refractivity contribution in [3.63, 3.8) is 0 Å². The van der Waals surface area contributed by atoms with Crippen molar-refractivity contribution in [2.45, 2.75) is 52.1 Å². The van der Waals surface area contributed by atoms with Gasteiger partial charge in [-0.05, 0) is 65.1 Å². The van der Waals surface area contributed by atoms with Gasteiger partial charge in [0.25, 0.3) is 0 Å². The van der Waals surface area contributed by atoms with Crippen LogP contribution in [0.15, 0.2) is 6.20 Å². The molecule has 3 heterocycles. The topological polar surface area (TPSA) is 37.4 Å². The van der Waals surface area contributed by atoms with Crippen LogP contribution in [0, 0.1) is 19.8 Å². The molecule has 2 aliphatic heterocycles. The van der Waals surface area contributed by atoms with Crippen LogP contribution in [0.25, 0.3) is 0 Å². The van der Waals surface area contributed by atoms with Crippen molar-refractivity contribution in [3.05, 3.63) is 23.0 Å². The van der Waals surface area contributed by atoms with Crippen LogP contribution in [0.2, 0.25) is 0 Å². The summed E-state index contributed by atoms with van der Waals surface area (Å²) in [5, 5.41) is 3.67. The molecule has 4 nitrogen and oxygen atoms in total. The number of likely N-dealkylation sites (tertiary alicyclic amines) is 1. The van der Waals surface area contributed by atoms with Crippen molar-refractivity contribution >= 4 is 0 Å². The highest BCUT2D eigenvalue weighted by Crippen LogP contribution is 2.28. The standard InChI is InChI=1S/C18H29N3O/c1-13-11-20-17(14(2)18(13)22-3)12-21-9-6-15(7-10-21)16-5-4-8-19-16/h11,15-16,19H,4-10,12H2,1-3H3. The molecule has 0 bridgehead atoms. The number of methoxy groups -OCH3 is 1. The van der Waals surface area contributed by atoms with Crippen LogP contribution in [-0.4, -0.2) is 42.7 Å². The molecule has 1 aromatic heterocycles. The maximum absolute atomic E-state index is 5.52. The van der Waals surface area contributed by atoms with Gasteiger partial charge in [-0.1, -0.05) is 0 Å². The molecule has 3 rings (SSSR count). The molecular weight excluding hydrogens is 274 g/mol. The quantitative estimate of drug-likeness (QED) is 0.928. The Morgan fingerprint density at radius 3 is 2.68 bits per heavy atom. The van der Waals surface area contributed by atoms with Crippen LogP contribution in [0.3, 0.4) is 0 Å². The van der Waals surface area contributed by atoms with E-state index in [4.69, 9.17) is 4.74 Å². The molecule has 122 valence electrons. The summed E-state index contributed by atoms with van der Waals surface area (Å²) in [5.41, 5.74) is 3.48. The SMILES string of the molecule is COc1c(C)cnc(CN2CCC(C3CCCN3)CC2)c1C. The molecule has 0 aromatic carbocycles. The maximum Gasteiger partial charge on any atom is 0.128 e. The number of hydrogen-bond acceptors (Lipinski definition) is 4. The van der Waals surface area contributed by atoms with Crippen molar-refractivity contribution < 1.29 is 4.74 Å². The van der Waals surface area contributed by atoms with E-state index in [9.17, 15) is 0 Å². The summed E-state index contributed by atoms with van der Waals surface area (Å²) in [7, 11) is 1.75. The van der Waals surface area contributed by atoms with Gasteiger partial charge in [0.1, 0.15) is 5.75 Å². The van der Waals surface area contributed by atoms with Crippen molar-refractivity contribution in [2.75, 3.05) is 26.7 Å². The molecule has 0 aliphatic carbocycles. The number of rotatable bonds is 4. The second-order valence-electron chi connectivity index (χ2n) is 6.86. The van der Waals surface area contributed by atoms with Gasteiger partial charge in [0.15, 0.2) is 0 Å². The van der Waals surface area contributed by atoms with Crippen molar-refractivity contribution in [2.24, 2.45) is 5.92 Å². The molecule has 2 aliphatic rings. The van der Waals surface area contributed by atoms with E-state index in [1.165, 1.54) is 56.6 Å². The molecule has 0 saturated carbocycles. The molecule has 1 atom stereocenters. The van der Waals surface area contributed by atoms with E-state index >= 15 is 0 Å². The average Bonchev–Trinajstić information content (AvgIpc) is 3.06. The van der Waals surface area contributed by atoms with Gasteiger partial charge >= 0.3 is 0 Å². The van der Waals surface area contributed by atoms with Crippen molar-refractivity contribution in [3.8, 4) is 5.75 Å². The number of aromatic nitrogens is 1. The van der Waals surface area contributed by atoms with Crippen LogP contribution in [-0.2, 0) is 6.54 Å². The average molecular weight is 303 g/mol. The predicted molar refractivity (Wildman–Crippen MR) is 89.3 cm³/mol. The first-order valence-corrected chi connectivity index (χ1v) is 8.64. The first kappa shape index (κ1) is 15.8. The Morgan fingerprint density at radius 2 is 2.05 bits per heavy atom. The summed E-state index contributed by atoms with van der Waals surface area (Å²) in [6.45, 7) is 8.75. The smallest absolute Gasteiger partial charge is 0.128 e. The van der Waals surface area contributed by atoms with E-state index in [-0.39, 0.29) is 0 Å². The van der Waals surface area contributed by atoms with E-state index in [0.29, 0.717) is 0 Å². The lowest BCUT2D eigenvalue weighted by Crippen LogP contribution is -2.40. The molecule has 0 amide bonds. The molecule has 1 N–H and O–H groups in total. The summed E-state index contributed by atoms with van der Waals surface area (Å²) >= 11 is 0. The van der Waals surface area contributed by atoms with Crippen LogP contribution in [0.4, 0.5) is 0 Å². The first-order valence-electron chi connectivity index (χ1n) is 8.64. The monoisotopic (exact) mass is 303 g/mol. The summed E-state index contributed by atoms with van der Waals surface area (Å²) < 4.78 is 5.52. The zero-order valence-corrected chi connectivity index (χ0v) is 14.2. The van der Waals surface area contributed by atoms with Crippen LogP contribution in [0.5, 0.6) is 5.75 Å². The molecule has 2 saturated heterocycles. The lowest BCUT2D eigenvalue weighted by Gasteiger charge is -2.35. The van der Waals surface area contributed by atoms with Gasteiger partial charge in [0.05, 0.1) is 12.8 Å². The van der Waals surface area contributed by atoms with Crippen LogP contribution in [0.1, 0.15) is 42.5 Å². The molecule has 4 heteroatoms. The van der Waals surface area contributed by atoms with Gasteiger partial charge in [0.2, 0.25) is 0 Å². The lowest BCUT2D eigenvalue weighted by molar-refractivity contribution is 0.155. The van der Waals surface area contributed by atoms with E-state index in [1.807, 2.05) is 6.20 Å². The maximum atomic E-state index is 5.52. The van der Waals surface area contributed by atoms with Crippen molar-refractivity contribution in [1.82, 2.24) is 15.2 Å². The fourth-order valence-electron chi connectivity index (χ4n) is 4.07. The number of ether oxygens (including phenoxy) is 1. The number of hydrogen-bond donors (Lipinski definition) is 1. The predicted octanol–water partition coefficient (Wildman–Crippen LogP) is 2.67. The Labute approximate surface area is 134 Å². The van der Waals surface area contributed by atoms with Crippen LogP contribution >= 0.6 is 0 Å². The van der Waals surface area contributed by atoms with Gasteiger partial charge in [-0.15, -0.1) is 0 Å². The highest BCUT2D eigenvalue weighted by molar-refractivity contribution is 5.41.